The summed E-state index contributed by atoms with van der Waals surface area (Å²) >= 11 is 0. The number of amides is 2. The van der Waals surface area contributed by atoms with Crippen LogP contribution in [0, 0.1) is 13.8 Å². The first-order valence-electron chi connectivity index (χ1n) is 11.2. The van der Waals surface area contributed by atoms with Crippen LogP contribution in [0.1, 0.15) is 42.2 Å². The number of aliphatic carboxylic acids is 1. The number of hydrogen-bond acceptors (Lipinski definition) is 8. The van der Waals surface area contributed by atoms with Crippen LogP contribution in [0.4, 0.5) is 0 Å². The Balaban J connectivity index is 1.87. The molecule has 3 aromatic carbocycles. The van der Waals surface area contributed by atoms with Gasteiger partial charge >= 0.3 is 17.9 Å². The second-order valence-corrected chi connectivity index (χ2v) is 8.19. The summed E-state index contributed by atoms with van der Waals surface area (Å²) in [4.78, 5) is 62.9. The number of nitrogens with one attached hydrogen (secondary N) is 2. The molecule has 0 fully saturated rings. The van der Waals surface area contributed by atoms with Crippen LogP contribution >= 0.6 is 0 Å². The number of benzene rings is 3. The van der Waals surface area contributed by atoms with Crippen LogP contribution in [0.25, 0.3) is 0 Å². The van der Waals surface area contributed by atoms with Gasteiger partial charge in [-0.05, 0) is 50.2 Å². The number of carboxylic acids is 1. The van der Waals surface area contributed by atoms with E-state index in [-0.39, 0.29) is 22.4 Å². The standard InChI is InChI=1S/C27H24N2O9/c1-15-7-5-9-17(13-15)26(35)37-21(24(32)29-28-23(31)19-11-3-4-12-20(19)30)22(25(33)34)38-27(36)18-10-6-8-16(2)14-18/h3-14,21-22,30H,1-2H3,(H,28,31)(H,29,32)(H,33,34)/t21-,22+/m1/s1. The van der Waals surface area contributed by atoms with Gasteiger partial charge < -0.3 is 19.7 Å². The van der Waals surface area contributed by atoms with Crippen LogP contribution in [-0.4, -0.2) is 52.1 Å². The Labute approximate surface area is 217 Å². The van der Waals surface area contributed by atoms with Crippen molar-refractivity contribution in [1.29, 1.82) is 0 Å². The van der Waals surface area contributed by atoms with E-state index >= 15 is 0 Å². The quantitative estimate of drug-likeness (QED) is 0.257. The maximum atomic E-state index is 13.0. The predicted molar refractivity (Wildman–Crippen MR) is 132 cm³/mol. The molecule has 196 valence electrons. The van der Waals surface area contributed by atoms with Crippen molar-refractivity contribution in [2.45, 2.75) is 26.1 Å². The molecule has 38 heavy (non-hydrogen) atoms. The van der Waals surface area contributed by atoms with Crippen molar-refractivity contribution in [3.05, 3.63) is 101 Å². The molecule has 11 nitrogen and oxygen atoms in total. The zero-order valence-corrected chi connectivity index (χ0v) is 20.3. The second kappa shape index (κ2) is 12.2. The van der Waals surface area contributed by atoms with Gasteiger partial charge in [-0.15, -0.1) is 0 Å². The first-order chi connectivity index (χ1) is 18.1. The number of aromatic hydroxyl groups is 1. The second-order valence-electron chi connectivity index (χ2n) is 8.19. The number of ether oxygens (including phenoxy) is 2. The van der Waals surface area contributed by atoms with Crippen molar-refractivity contribution in [1.82, 2.24) is 10.9 Å². The summed E-state index contributed by atoms with van der Waals surface area (Å²) in [6.07, 6.45) is -4.49. The minimum atomic E-state index is -2.28. The minimum absolute atomic E-state index is 0.00766. The van der Waals surface area contributed by atoms with Gasteiger partial charge in [0.1, 0.15) is 5.75 Å². The smallest absolute Gasteiger partial charge is 0.349 e. The van der Waals surface area contributed by atoms with Crippen molar-refractivity contribution >= 4 is 29.7 Å². The number of carboxylic acid groups (broad SMARTS) is 1. The van der Waals surface area contributed by atoms with E-state index in [1.165, 1.54) is 48.5 Å². The van der Waals surface area contributed by atoms with E-state index in [4.69, 9.17) is 9.47 Å². The van der Waals surface area contributed by atoms with Gasteiger partial charge in [-0.2, -0.15) is 0 Å². The number of carbonyl (C=O) groups excluding carboxylic acids is 4. The van der Waals surface area contributed by atoms with Crippen LogP contribution in [0.15, 0.2) is 72.8 Å². The van der Waals surface area contributed by atoms with Gasteiger partial charge in [0, 0.05) is 0 Å². The molecule has 0 radical (unpaired) electrons. The summed E-state index contributed by atoms with van der Waals surface area (Å²) in [5, 5.41) is 19.6. The van der Waals surface area contributed by atoms with Gasteiger partial charge in [0.25, 0.3) is 11.8 Å². The number of phenols is 1. The van der Waals surface area contributed by atoms with Crippen LogP contribution in [0.2, 0.25) is 0 Å². The van der Waals surface area contributed by atoms with Gasteiger partial charge in [0.2, 0.25) is 12.2 Å². The molecule has 0 aromatic heterocycles. The average Bonchev–Trinajstić information content (AvgIpc) is 2.88. The maximum Gasteiger partial charge on any atom is 0.349 e. The molecule has 11 heteroatoms. The Hall–Kier alpha value is -5.19. The molecule has 2 amide bonds. The molecular weight excluding hydrogens is 496 g/mol. The molecule has 0 aliphatic heterocycles. The Morgan fingerprint density at radius 1 is 0.711 bits per heavy atom. The third-order valence-corrected chi connectivity index (χ3v) is 5.20. The first-order valence-corrected chi connectivity index (χ1v) is 11.2. The zero-order chi connectivity index (χ0) is 27.8. The predicted octanol–water partition coefficient (Wildman–Crippen LogP) is 2.31. The largest absolute Gasteiger partial charge is 0.507 e. The van der Waals surface area contributed by atoms with E-state index in [1.807, 2.05) is 10.9 Å². The SMILES string of the molecule is Cc1cccc(C(=O)O[C@H](C(=O)O)[C@@H](OC(=O)c2cccc(C)c2)C(=O)NNC(=O)c2ccccc2O)c1. The van der Waals surface area contributed by atoms with E-state index < -0.39 is 41.9 Å². The highest BCUT2D eigenvalue weighted by Crippen LogP contribution is 2.16. The van der Waals surface area contributed by atoms with E-state index in [9.17, 15) is 34.2 Å². The van der Waals surface area contributed by atoms with Crippen molar-refractivity contribution in [2.24, 2.45) is 0 Å². The fourth-order valence-electron chi connectivity index (χ4n) is 3.33. The van der Waals surface area contributed by atoms with Crippen molar-refractivity contribution < 1.29 is 43.7 Å². The van der Waals surface area contributed by atoms with Gasteiger partial charge in [0.15, 0.2) is 0 Å². The summed E-state index contributed by atoms with van der Waals surface area (Å²) in [5.41, 5.74) is 5.17. The molecule has 4 N–H and O–H groups in total. The van der Waals surface area contributed by atoms with Crippen LogP contribution in [0.5, 0.6) is 5.75 Å². The monoisotopic (exact) mass is 520 g/mol. The van der Waals surface area contributed by atoms with Gasteiger partial charge in [0.05, 0.1) is 16.7 Å². The molecule has 0 aliphatic carbocycles. The number of hydrogen-bond donors (Lipinski definition) is 4. The van der Waals surface area contributed by atoms with Crippen LogP contribution < -0.4 is 10.9 Å². The third-order valence-electron chi connectivity index (χ3n) is 5.20. The fourth-order valence-corrected chi connectivity index (χ4v) is 3.33. The topological polar surface area (TPSA) is 168 Å². The third kappa shape index (κ3) is 6.94. The summed E-state index contributed by atoms with van der Waals surface area (Å²) in [5.74, 6) is -6.56. The van der Waals surface area contributed by atoms with Gasteiger partial charge in [-0.3, -0.25) is 20.4 Å². The first kappa shape index (κ1) is 27.4. The van der Waals surface area contributed by atoms with Crippen molar-refractivity contribution in [3.8, 4) is 5.75 Å². The Morgan fingerprint density at radius 3 is 1.74 bits per heavy atom. The van der Waals surface area contributed by atoms with E-state index in [0.29, 0.717) is 11.1 Å². The highest BCUT2D eigenvalue weighted by Gasteiger charge is 2.41. The lowest BCUT2D eigenvalue weighted by Crippen LogP contribution is -2.54. The summed E-state index contributed by atoms with van der Waals surface area (Å²) in [7, 11) is 0. The van der Waals surface area contributed by atoms with Crippen LogP contribution in [0.3, 0.4) is 0 Å². The molecule has 2 atom stereocenters. The number of phenolic OH excluding ortho intramolecular Hbond substituents is 1. The molecule has 0 unspecified atom stereocenters. The lowest BCUT2D eigenvalue weighted by atomic mass is 10.1. The molecule has 3 aromatic rings. The fraction of sp³-hybridized carbons (Fsp3) is 0.148. The number of carbonyl (C=O) groups is 5. The molecule has 0 spiro atoms. The molecule has 0 heterocycles. The molecule has 3 rings (SSSR count). The summed E-state index contributed by atoms with van der Waals surface area (Å²) < 4.78 is 10.3. The number of esters is 2. The number of para-hydroxylation sites is 1. The van der Waals surface area contributed by atoms with Crippen molar-refractivity contribution in [3.63, 3.8) is 0 Å². The van der Waals surface area contributed by atoms with Gasteiger partial charge in [-0.25, -0.2) is 14.4 Å². The van der Waals surface area contributed by atoms with Crippen molar-refractivity contribution in [2.75, 3.05) is 0 Å². The molecule has 0 aliphatic rings. The lowest BCUT2D eigenvalue weighted by Gasteiger charge is -2.23. The summed E-state index contributed by atoms with van der Waals surface area (Å²) in [6.45, 7) is 3.41. The molecular formula is C27H24N2O9. The van der Waals surface area contributed by atoms with E-state index in [0.717, 1.165) is 0 Å². The lowest BCUT2D eigenvalue weighted by molar-refractivity contribution is -0.159. The maximum absolute atomic E-state index is 13.0. The normalized spacial score (nSPS) is 11.9. The Kier molecular flexibility index (Phi) is 8.78. The zero-order valence-electron chi connectivity index (χ0n) is 20.3. The summed E-state index contributed by atoms with van der Waals surface area (Å²) in [6, 6.07) is 17.7. The van der Waals surface area contributed by atoms with E-state index in [2.05, 4.69) is 0 Å². The minimum Gasteiger partial charge on any atom is -0.507 e. The molecule has 0 saturated heterocycles. The highest BCUT2D eigenvalue weighted by molar-refractivity contribution is 6.00. The highest BCUT2D eigenvalue weighted by atomic mass is 16.6. The van der Waals surface area contributed by atoms with Crippen LogP contribution in [-0.2, 0) is 19.1 Å². The number of aryl methyl sites for hydroxylation is 2. The van der Waals surface area contributed by atoms with Gasteiger partial charge in [-0.1, -0.05) is 47.5 Å². The molecule has 0 saturated carbocycles. The number of rotatable bonds is 8. The Bertz CT molecular complexity index is 1390. The van der Waals surface area contributed by atoms with E-state index in [1.54, 1.807) is 38.1 Å². The molecule has 0 bridgehead atoms. The Morgan fingerprint density at radius 2 is 1.24 bits per heavy atom. The average molecular weight is 520 g/mol. The number of hydrazine groups is 1.